The van der Waals surface area contributed by atoms with Crippen LogP contribution in [0.2, 0.25) is 0 Å². The third-order valence-corrected chi connectivity index (χ3v) is 4.15. The van der Waals surface area contributed by atoms with Crippen LogP contribution in [0.15, 0.2) is 17.0 Å². The highest BCUT2D eigenvalue weighted by atomic mass is 32.2. The molecule has 0 aliphatic rings. The van der Waals surface area contributed by atoms with Crippen LogP contribution in [0.25, 0.3) is 0 Å². The lowest BCUT2D eigenvalue weighted by Gasteiger charge is -2.14. The lowest BCUT2D eigenvalue weighted by molar-refractivity contribution is 0.0679. The third kappa shape index (κ3) is 4.07. The molecule has 0 amide bonds. The Bertz CT molecular complexity index is 559. The average molecular weight is 304 g/mol. The second-order valence-corrected chi connectivity index (χ2v) is 6.06. The van der Waals surface area contributed by atoms with E-state index in [0.29, 0.717) is 5.69 Å². The molecule has 4 N–H and O–H groups in total. The summed E-state index contributed by atoms with van der Waals surface area (Å²) in [6, 6.07) is 2.88. The van der Waals surface area contributed by atoms with Gasteiger partial charge in [-0.1, -0.05) is 0 Å². The van der Waals surface area contributed by atoms with Crippen LogP contribution >= 0.6 is 0 Å². The monoisotopic (exact) mass is 304 g/mol. The molecule has 8 heteroatoms. The molecule has 114 valence electrons. The van der Waals surface area contributed by atoms with Gasteiger partial charge in [-0.15, -0.1) is 0 Å². The highest BCUT2D eigenvalue weighted by Gasteiger charge is 2.21. The fraction of sp³-hybridized carbons (Fsp3) is 0.500. The standard InChI is InChI=1S/C12H20N2O5S/c1-8-4-11(19-3)12(5-10(8)13)20(16,17)14-6-9(15)7-18-2/h4-5,9,14-15H,6-7,13H2,1-3H3. The van der Waals surface area contributed by atoms with Gasteiger partial charge in [-0.05, 0) is 24.6 Å². The van der Waals surface area contributed by atoms with E-state index < -0.39 is 16.1 Å². The van der Waals surface area contributed by atoms with E-state index in [-0.39, 0.29) is 23.8 Å². The van der Waals surface area contributed by atoms with E-state index in [1.807, 2.05) is 0 Å². The number of aliphatic hydroxyl groups is 1. The van der Waals surface area contributed by atoms with Crippen LogP contribution < -0.4 is 15.2 Å². The number of sulfonamides is 1. The van der Waals surface area contributed by atoms with E-state index in [1.54, 1.807) is 13.0 Å². The van der Waals surface area contributed by atoms with E-state index >= 15 is 0 Å². The molecule has 0 bridgehead atoms. The van der Waals surface area contributed by atoms with Crippen molar-refractivity contribution in [3.63, 3.8) is 0 Å². The summed E-state index contributed by atoms with van der Waals surface area (Å²) in [6.07, 6.45) is -0.927. The first-order chi connectivity index (χ1) is 9.31. The zero-order valence-electron chi connectivity index (χ0n) is 11.7. The number of hydrogen-bond acceptors (Lipinski definition) is 6. The maximum absolute atomic E-state index is 12.2. The first kappa shape index (κ1) is 16.7. The predicted molar refractivity (Wildman–Crippen MR) is 75.2 cm³/mol. The van der Waals surface area contributed by atoms with Crippen LogP contribution in [-0.4, -0.2) is 47.0 Å². The molecule has 0 aliphatic carbocycles. The summed E-state index contributed by atoms with van der Waals surface area (Å²) in [7, 11) is -1.03. The van der Waals surface area contributed by atoms with Crippen LogP contribution in [-0.2, 0) is 14.8 Å². The van der Waals surface area contributed by atoms with Crippen LogP contribution in [0.5, 0.6) is 5.75 Å². The maximum Gasteiger partial charge on any atom is 0.244 e. The Morgan fingerprint density at radius 2 is 2.05 bits per heavy atom. The van der Waals surface area contributed by atoms with Crippen molar-refractivity contribution in [2.75, 3.05) is 33.1 Å². The minimum Gasteiger partial charge on any atom is -0.495 e. The molecule has 0 fully saturated rings. The maximum atomic E-state index is 12.2. The largest absolute Gasteiger partial charge is 0.495 e. The number of rotatable bonds is 7. The Morgan fingerprint density at radius 3 is 2.60 bits per heavy atom. The number of aryl methyl sites for hydroxylation is 1. The van der Waals surface area contributed by atoms with Gasteiger partial charge in [-0.2, -0.15) is 0 Å². The summed E-state index contributed by atoms with van der Waals surface area (Å²) in [4.78, 5) is -0.0623. The Balaban J connectivity index is 3.00. The SMILES string of the molecule is COCC(O)CNS(=O)(=O)c1cc(N)c(C)cc1OC. The van der Waals surface area contributed by atoms with Crippen LogP contribution in [0.4, 0.5) is 5.69 Å². The van der Waals surface area contributed by atoms with Gasteiger partial charge in [0, 0.05) is 19.3 Å². The van der Waals surface area contributed by atoms with Crippen molar-refractivity contribution in [3.8, 4) is 5.75 Å². The smallest absolute Gasteiger partial charge is 0.244 e. The summed E-state index contributed by atoms with van der Waals surface area (Å²) in [5.41, 5.74) is 6.80. The molecular formula is C12H20N2O5S. The molecule has 20 heavy (non-hydrogen) atoms. The number of benzene rings is 1. The molecule has 0 spiro atoms. The quantitative estimate of drug-likeness (QED) is 0.605. The van der Waals surface area contributed by atoms with Gasteiger partial charge in [0.25, 0.3) is 0 Å². The van der Waals surface area contributed by atoms with E-state index in [2.05, 4.69) is 4.72 Å². The predicted octanol–water partition coefficient (Wildman–Crippen LogP) is -0.129. The van der Waals surface area contributed by atoms with Crippen LogP contribution in [0.1, 0.15) is 5.56 Å². The van der Waals surface area contributed by atoms with Gasteiger partial charge >= 0.3 is 0 Å². The van der Waals surface area contributed by atoms with Crippen LogP contribution in [0.3, 0.4) is 0 Å². The number of nitrogens with two attached hydrogens (primary N) is 1. The van der Waals surface area contributed by atoms with E-state index in [4.69, 9.17) is 15.2 Å². The molecule has 0 radical (unpaired) electrons. The molecule has 1 aromatic carbocycles. The number of aliphatic hydroxyl groups excluding tert-OH is 1. The number of methoxy groups -OCH3 is 2. The van der Waals surface area contributed by atoms with Gasteiger partial charge in [0.15, 0.2) is 0 Å². The zero-order valence-corrected chi connectivity index (χ0v) is 12.5. The number of anilines is 1. The minimum atomic E-state index is -3.83. The number of hydrogen-bond donors (Lipinski definition) is 3. The molecule has 0 saturated carbocycles. The molecule has 1 unspecified atom stereocenters. The Morgan fingerprint density at radius 1 is 1.40 bits per heavy atom. The lowest BCUT2D eigenvalue weighted by Crippen LogP contribution is -2.34. The summed E-state index contributed by atoms with van der Waals surface area (Å²) in [6.45, 7) is 1.63. The van der Waals surface area contributed by atoms with Crippen molar-refractivity contribution in [2.24, 2.45) is 0 Å². The first-order valence-electron chi connectivity index (χ1n) is 5.92. The van der Waals surface area contributed by atoms with Gasteiger partial charge in [-0.25, -0.2) is 13.1 Å². The second-order valence-electron chi connectivity index (χ2n) is 4.32. The van der Waals surface area contributed by atoms with Crippen LogP contribution in [0, 0.1) is 6.92 Å². The summed E-state index contributed by atoms with van der Waals surface area (Å²) >= 11 is 0. The second kappa shape index (κ2) is 6.89. The highest BCUT2D eigenvalue weighted by Crippen LogP contribution is 2.28. The van der Waals surface area contributed by atoms with Crippen molar-refractivity contribution >= 4 is 15.7 Å². The third-order valence-electron chi connectivity index (χ3n) is 2.71. The average Bonchev–Trinajstić information content (AvgIpc) is 2.39. The number of nitrogens with one attached hydrogen (secondary N) is 1. The molecule has 7 nitrogen and oxygen atoms in total. The molecule has 1 rings (SSSR count). The van der Waals surface area contributed by atoms with Gasteiger partial charge in [0.2, 0.25) is 10.0 Å². The Hall–Kier alpha value is -1.35. The molecule has 0 aliphatic heterocycles. The summed E-state index contributed by atoms with van der Waals surface area (Å²) in [5, 5.41) is 9.48. The fourth-order valence-electron chi connectivity index (χ4n) is 1.58. The van der Waals surface area contributed by atoms with E-state index in [1.165, 1.54) is 20.3 Å². The highest BCUT2D eigenvalue weighted by molar-refractivity contribution is 7.89. The van der Waals surface area contributed by atoms with Crippen molar-refractivity contribution in [1.82, 2.24) is 4.72 Å². The van der Waals surface area contributed by atoms with Crippen molar-refractivity contribution in [3.05, 3.63) is 17.7 Å². The van der Waals surface area contributed by atoms with Crippen molar-refractivity contribution < 1.29 is 23.0 Å². The normalized spacial score (nSPS) is 13.2. The van der Waals surface area contributed by atoms with Crippen molar-refractivity contribution in [1.29, 1.82) is 0 Å². The summed E-state index contributed by atoms with van der Waals surface area (Å²) < 4.78 is 36.4. The van der Waals surface area contributed by atoms with Gasteiger partial charge in [0.1, 0.15) is 10.6 Å². The Kier molecular flexibility index (Phi) is 5.75. The molecular weight excluding hydrogens is 284 g/mol. The first-order valence-corrected chi connectivity index (χ1v) is 7.41. The number of nitrogen functional groups attached to an aromatic ring is 1. The van der Waals surface area contributed by atoms with Gasteiger partial charge in [0.05, 0.1) is 19.8 Å². The molecule has 0 heterocycles. The molecule has 0 aromatic heterocycles. The van der Waals surface area contributed by atoms with Gasteiger partial charge < -0.3 is 20.3 Å². The zero-order chi connectivity index (χ0) is 15.3. The van der Waals surface area contributed by atoms with E-state index in [9.17, 15) is 13.5 Å². The molecule has 0 saturated heterocycles. The Labute approximate surface area is 118 Å². The minimum absolute atomic E-state index is 0.0374. The van der Waals surface area contributed by atoms with Crippen molar-refractivity contribution in [2.45, 2.75) is 17.9 Å². The van der Waals surface area contributed by atoms with Gasteiger partial charge in [-0.3, -0.25) is 0 Å². The van der Waals surface area contributed by atoms with E-state index in [0.717, 1.165) is 5.56 Å². The lowest BCUT2D eigenvalue weighted by atomic mass is 10.2. The molecule has 1 aromatic rings. The number of ether oxygens (including phenoxy) is 2. The topological polar surface area (TPSA) is 111 Å². The molecule has 1 atom stereocenters. The summed E-state index contributed by atoms with van der Waals surface area (Å²) in [5.74, 6) is 0.199. The fourth-order valence-corrected chi connectivity index (χ4v) is 2.84.